The first kappa shape index (κ1) is 15.8. The Balaban J connectivity index is 2.07. The van der Waals surface area contributed by atoms with Gasteiger partial charge in [-0.3, -0.25) is 0 Å². The van der Waals surface area contributed by atoms with Crippen molar-refractivity contribution in [3.8, 4) is 0 Å². The zero-order valence-corrected chi connectivity index (χ0v) is 13.1. The number of halogens is 2. The normalized spacial score (nSPS) is 18.1. The monoisotopic (exact) mass is 297 g/mol. The van der Waals surface area contributed by atoms with Crippen LogP contribution in [0.15, 0.2) is 18.2 Å². The lowest BCUT2D eigenvalue weighted by Gasteiger charge is -2.31. The average molecular weight is 298 g/mol. The van der Waals surface area contributed by atoms with Crippen LogP contribution < -0.4 is 5.32 Å². The molecule has 0 saturated heterocycles. The van der Waals surface area contributed by atoms with E-state index in [2.05, 4.69) is 12.2 Å². The molecule has 112 valence electrons. The largest absolute Gasteiger partial charge is 0.313 e. The summed E-state index contributed by atoms with van der Waals surface area (Å²) < 4.78 is 14.1. The summed E-state index contributed by atoms with van der Waals surface area (Å²) in [7, 11) is 0. The number of benzene rings is 1. The fraction of sp³-hybridized carbons (Fsp3) is 0.647. The van der Waals surface area contributed by atoms with Crippen molar-refractivity contribution in [2.75, 3.05) is 6.54 Å². The first-order valence-corrected chi connectivity index (χ1v) is 8.26. The third-order valence-corrected chi connectivity index (χ3v) is 4.64. The summed E-state index contributed by atoms with van der Waals surface area (Å²) in [6.45, 7) is 3.17. The molecule has 0 heterocycles. The molecule has 20 heavy (non-hydrogen) atoms. The topological polar surface area (TPSA) is 12.0 Å². The van der Waals surface area contributed by atoms with E-state index in [0.717, 1.165) is 24.9 Å². The minimum absolute atomic E-state index is 0.236. The van der Waals surface area contributed by atoms with Gasteiger partial charge in [0, 0.05) is 6.04 Å². The van der Waals surface area contributed by atoms with Crippen LogP contribution in [-0.2, 0) is 6.42 Å². The Morgan fingerprint density at radius 1 is 1.30 bits per heavy atom. The van der Waals surface area contributed by atoms with E-state index in [1.807, 2.05) is 12.1 Å². The Bertz CT molecular complexity index is 415. The van der Waals surface area contributed by atoms with Crippen LogP contribution in [0.5, 0.6) is 0 Å². The second-order valence-corrected chi connectivity index (χ2v) is 6.28. The zero-order chi connectivity index (χ0) is 14.4. The molecule has 1 unspecified atom stereocenters. The lowest BCUT2D eigenvalue weighted by Crippen LogP contribution is -2.39. The van der Waals surface area contributed by atoms with Crippen LogP contribution in [0.3, 0.4) is 0 Å². The molecule has 1 nitrogen and oxygen atoms in total. The van der Waals surface area contributed by atoms with Crippen molar-refractivity contribution in [1.29, 1.82) is 0 Å². The fourth-order valence-corrected chi connectivity index (χ4v) is 3.41. The van der Waals surface area contributed by atoms with Gasteiger partial charge in [0.2, 0.25) is 0 Å². The Morgan fingerprint density at radius 2 is 2.05 bits per heavy atom. The van der Waals surface area contributed by atoms with Crippen LogP contribution in [0.2, 0.25) is 5.02 Å². The van der Waals surface area contributed by atoms with Crippen molar-refractivity contribution in [2.24, 2.45) is 5.92 Å². The third kappa shape index (κ3) is 4.20. The lowest BCUT2D eigenvalue weighted by atomic mass is 9.81. The van der Waals surface area contributed by atoms with Gasteiger partial charge in [-0.2, -0.15) is 0 Å². The van der Waals surface area contributed by atoms with Gasteiger partial charge in [0.25, 0.3) is 0 Å². The Labute approximate surface area is 126 Å². The SMILES string of the molecule is CCCNC(Cc1cccc(Cl)c1F)C1CCCCC1. The van der Waals surface area contributed by atoms with Crippen molar-refractivity contribution in [3.63, 3.8) is 0 Å². The molecule has 1 fully saturated rings. The summed E-state index contributed by atoms with van der Waals surface area (Å²) in [5.74, 6) is 0.432. The fourth-order valence-electron chi connectivity index (χ4n) is 3.21. The highest BCUT2D eigenvalue weighted by molar-refractivity contribution is 6.30. The highest BCUT2D eigenvalue weighted by Crippen LogP contribution is 2.29. The van der Waals surface area contributed by atoms with E-state index in [1.54, 1.807) is 6.07 Å². The smallest absolute Gasteiger partial charge is 0.145 e. The van der Waals surface area contributed by atoms with Gasteiger partial charge >= 0.3 is 0 Å². The molecule has 1 saturated carbocycles. The number of hydrogen-bond acceptors (Lipinski definition) is 1. The maximum Gasteiger partial charge on any atom is 0.145 e. The van der Waals surface area contributed by atoms with Gasteiger partial charge in [0.05, 0.1) is 5.02 Å². The number of nitrogens with one attached hydrogen (secondary N) is 1. The quantitative estimate of drug-likeness (QED) is 0.781. The Kier molecular flexibility index (Phi) is 6.31. The molecule has 1 aromatic rings. The van der Waals surface area contributed by atoms with Crippen molar-refractivity contribution in [1.82, 2.24) is 5.32 Å². The maximum atomic E-state index is 14.1. The highest BCUT2D eigenvalue weighted by Gasteiger charge is 2.24. The molecule has 2 rings (SSSR count). The van der Waals surface area contributed by atoms with Crippen LogP contribution in [0, 0.1) is 11.7 Å². The first-order chi connectivity index (χ1) is 9.72. The summed E-state index contributed by atoms with van der Waals surface area (Å²) in [4.78, 5) is 0. The van der Waals surface area contributed by atoms with E-state index in [-0.39, 0.29) is 10.8 Å². The Hall–Kier alpha value is -0.600. The van der Waals surface area contributed by atoms with Gasteiger partial charge in [-0.25, -0.2) is 4.39 Å². The van der Waals surface area contributed by atoms with Gasteiger partial charge in [-0.05, 0) is 49.8 Å². The molecule has 0 bridgehead atoms. The van der Waals surface area contributed by atoms with Crippen molar-refractivity contribution >= 4 is 11.6 Å². The summed E-state index contributed by atoms with van der Waals surface area (Å²) in [6, 6.07) is 5.71. The lowest BCUT2D eigenvalue weighted by molar-refractivity contribution is 0.266. The van der Waals surface area contributed by atoms with Crippen LogP contribution in [0.4, 0.5) is 4.39 Å². The summed E-state index contributed by atoms with van der Waals surface area (Å²) >= 11 is 5.89. The van der Waals surface area contributed by atoms with Crippen LogP contribution in [0.25, 0.3) is 0 Å². The van der Waals surface area contributed by atoms with Gasteiger partial charge in [-0.15, -0.1) is 0 Å². The van der Waals surface area contributed by atoms with Crippen molar-refractivity contribution < 1.29 is 4.39 Å². The van der Waals surface area contributed by atoms with Gasteiger partial charge < -0.3 is 5.32 Å². The molecule has 1 aliphatic rings. The molecule has 1 N–H and O–H groups in total. The van der Waals surface area contributed by atoms with Crippen molar-refractivity contribution in [3.05, 3.63) is 34.6 Å². The van der Waals surface area contributed by atoms with Crippen molar-refractivity contribution in [2.45, 2.75) is 57.9 Å². The molecule has 0 radical (unpaired) electrons. The van der Waals surface area contributed by atoms with E-state index in [4.69, 9.17) is 11.6 Å². The summed E-state index contributed by atoms with van der Waals surface area (Å²) in [5.41, 5.74) is 0.747. The first-order valence-electron chi connectivity index (χ1n) is 7.88. The standard InChI is InChI=1S/C17H25ClFN/c1-2-11-20-16(13-7-4-3-5-8-13)12-14-9-6-10-15(18)17(14)19/h6,9-10,13,16,20H,2-5,7-8,11-12H2,1H3. The minimum Gasteiger partial charge on any atom is -0.313 e. The predicted molar refractivity (Wildman–Crippen MR) is 83.8 cm³/mol. The molecule has 3 heteroatoms. The van der Waals surface area contributed by atoms with E-state index < -0.39 is 0 Å². The molecule has 1 aromatic carbocycles. The minimum atomic E-state index is -0.242. The van der Waals surface area contributed by atoms with E-state index in [1.165, 1.54) is 32.1 Å². The van der Waals surface area contributed by atoms with E-state index >= 15 is 0 Å². The van der Waals surface area contributed by atoms with E-state index in [0.29, 0.717) is 12.0 Å². The molecular formula is C17H25ClFN. The zero-order valence-electron chi connectivity index (χ0n) is 12.3. The molecular weight excluding hydrogens is 273 g/mol. The van der Waals surface area contributed by atoms with Gasteiger partial charge in [-0.1, -0.05) is 49.9 Å². The second-order valence-electron chi connectivity index (χ2n) is 5.88. The second kappa shape index (κ2) is 7.99. The van der Waals surface area contributed by atoms with E-state index in [9.17, 15) is 4.39 Å². The maximum absolute atomic E-state index is 14.1. The highest BCUT2D eigenvalue weighted by atomic mass is 35.5. The molecule has 0 spiro atoms. The van der Waals surface area contributed by atoms with Gasteiger partial charge in [0.1, 0.15) is 5.82 Å². The summed E-state index contributed by atoms with van der Waals surface area (Å²) in [5, 5.41) is 3.86. The van der Waals surface area contributed by atoms with Gasteiger partial charge in [0.15, 0.2) is 0 Å². The molecule has 1 atom stereocenters. The number of hydrogen-bond donors (Lipinski definition) is 1. The number of rotatable bonds is 6. The molecule has 0 aromatic heterocycles. The average Bonchev–Trinajstić information content (AvgIpc) is 2.48. The molecule has 0 aliphatic heterocycles. The third-order valence-electron chi connectivity index (χ3n) is 4.35. The van der Waals surface area contributed by atoms with Crippen LogP contribution >= 0.6 is 11.6 Å². The van der Waals surface area contributed by atoms with Crippen LogP contribution in [-0.4, -0.2) is 12.6 Å². The summed E-state index contributed by atoms with van der Waals surface area (Å²) in [6.07, 6.45) is 8.37. The van der Waals surface area contributed by atoms with Crippen LogP contribution in [0.1, 0.15) is 51.0 Å². The predicted octanol–water partition coefficient (Wildman–Crippen LogP) is 4.97. The molecule has 1 aliphatic carbocycles. The Morgan fingerprint density at radius 3 is 2.75 bits per heavy atom. The molecule has 0 amide bonds.